The van der Waals surface area contributed by atoms with Gasteiger partial charge < -0.3 is 10.1 Å². The van der Waals surface area contributed by atoms with Gasteiger partial charge >= 0.3 is 0 Å². The third-order valence-electron chi connectivity index (χ3n) is 4.93. The molecule has 0 aliphatic heterocycles. The Hall–Kier alpha value is -3.19. The zero-order valence-corrected chi connectivity index (χ0v) is 17.0. The number of anilines is 2. The fraction of sp³-hybridized carbons (Fsp3) is 0.227. The molecule has 29 heavy (non-hydrogen) atoms. The van der Waals surface area contributed by atoms with Crippen molar-refractivity contribution in [2.24, 2.45) is 0 Å². The van der Waals surface area contributed by atoms with Gasteiger partial charge in [-0.2, -0.15) is 0 Å². The third-order valence-corrected chi connectivity index (χ3v) is 5.97. The van der Waals surface area contributed by atoms with Crippen molar-refractivity contribution in [2.45, 2.75) is 25.7 Å². The predicted octanol–water partition coefficient (Wildman–Crippen LogP) is 4.38. The van der Waals surface area contributed by atoms with Crippen LogP contribution in [0.4, 0.5) is 10.8 Å². The highest BCUT2D eigenvalue weighted by molar-refractivity contribution is 7.16. The number of aromatic nitrogens is 1. The Balaban J connectivity index is 1.44. The van der Waals surface area contributed by atoms with Gasteiger partial charge in [0.15, 0.2) is 5.13 Å². The van der Waals surface area contributed by atoms with E-state index < -0.39 is 0 Å². The SMILES string of the molecule is COc1ccc(C(=O)Nc2nc3c(s2)CCC3C(=O)Nc2ccc(C)cc2)cc1. The van der Waals surface area contributed by atoms with Crippen molar-refractivity contribution in [3.8, 4) is 5.75 Å². The average molecular weight is 407 g/mol. The Kier molecular flexibility index (Phi) is 5.31. The van der Waals surface area contributed by atoms with E-state index in [2.05, 4.69) is 15.6 Å². The molecule has 1 aromatic heterocycles. The van der Waals surface area contributed by atoms with E-state index >= 15 is 0 Å². The van der Waals surface area contributed by atoms with Crippen LogP contribution in [0.25, 0.3) is 0 Å². The van der Waals surface area contributed by atoms with Crippen LogP contribution in [0.15, 0.2) is 48.5 Å². The number of hydrogen-bond acceptors (Lipinski definition) is 5. The summed E-state index contributed by atoms with van der Waals surface area (Å²) in [7, 11) is 1.58. The zero-order chi connectivity index (χ0) is 20.4. The van der Waals surface area contributed by atoms with Gasteiger partial charge in [0, 0.05) is 16.1 Å². The maximum Gasteiger partial charge on any atom is 0.257 e. The monoisotopic (exact) mass is 407 g/mol. The number of carbonyl (C=O) groups excluding carboxylic acids is 2. The molecule has 0 fully saturated rings. The largest absolute Gasteiger partial charge is 0.497 e. The van der Waals surface area contributed by atoms with Gasteiger partial charge in [0.25, 0.3) is 5.91 Å². The number of thiazole rings is 1. The van der Waals surface area contributed by atoms with Gasteiger partial charge in [0.2, 0.25) is 5.91 Å². The van der Waals surface area contributed by atoms with Crippen LogP contribution in [0.2, 0.25) is 0 Å². The molecule has 6 nitrogen and oxygen atoms in total. The third kappa shape index (κ3) is 4.14. The number of aryl methyl sites for hydroxylation is 2. The molecule has 0 bridgehead atoms. The quantitative estimate of drug-likeness (QED) is 0.658. The number of methoxy groups -OCH3 is 1. The van der Waals surface area contributed by atoms with E-state index in [1.54, 1.807) is 31.4 Å². The maximum atomic E-state index is 12.7. The highest BCUT2D eigenvalue weighted by Gasteiger charge is 2.33. The fourth-order valence-electron chi connectivity index (χ4n) is 3.31. The highest BCUT2D eigenvalue weighted by atomic mass is 32.1. The number of hydrogen-bond donors (Lipinski definition) is 2. The Labute approximate surface area is 172 Å². The fourth-order valence-corrected chi connectivity index (χ4v) is 4.35. The molecule has 4 rings (SSSR count). The lowest BCUT2D eigenvalue weighted by Gasteiger charge is -2.11. The number of amides is 2. The van der Waals surface area contributed by atoms with Crippen LogP contribution >= 0.6 is 11.3 Å². The van der Waals surface area contributed by atoms with Crippen LogP contribution in [0, 0.1) is 6.92 Å². The molecule has 0 radical (unpaired) electrons. The summed E-state index contributed by atoms with van der Waals surface area (Å²) >= 11 is 1.43. The van der Waals surface area contributed by atoms with Gasteiger partial charge in [-0.25, -0.2) is 4.98 Å². The Morgan fingerprint density at radius 3 is 2.48 bits per heavy atom. The molecule has 1 heterocycles. The number of fused-ring (bicyclic) bond motifs is 1. The van der Waals surface area contributed by atoms with Crippen molar-refractivity contribution in [2.75, 3.05) is 17.7 Å². The number of nitrogens with zero attached hydrogens (tertiary/aromatic N) is 1. The Morgan fingerprint density at radius 2 is 1.79 bits per heavy atom. The first-order valence-electron chi connectivity index (χ1n) is 9.36. The summed E-state index contributed by atoms with van der Waals surface area (Å²) in [4.78, 5) is 30.8. The lowest BCUT2D eigenvalue weighted by molar-refractivity contribution is -0.117. The van der Waals surface area contributed by atoms with Crippen molar-refractivity contribution in [3.63, 3.8) is 0 Å². The molecule has 0 saturated heterocycles. The van der Waals surface area contributed by atoms with E-state index in [0.717, 1.165) is 34.7 Å². The first kappa shape index (κ1) is 19.1. The van der Waals surface area contributed by atoms with Crippen LogP contribution in [-0.2, 0) is 11.2 Å². The first-order valence-corrected chi connectivity index (χ1v) is 10.2. The Bertz CT molecular complexity index is 1040. The van der Waals surface area contributed by atoms with Crippen LogP contribution in [0.3, 0.4) is 0 Å². The van der Waals surface area contributed by atoms with Crippen molar-refractivity contribution in [1.82, 2.24) is 4.98 Å². The molecule has 1 atom stereocenters. The van der Waals surface area contributed by atoms with Crippen LogP contribution in [-0.4, -0.2) is 23.9 Å². The van der Waals surface area contributed by atoms with Gasteiger partial charge in [-0.05, 0) is 56.2 Å². The zero-order valence-electron chi connectivity index (χ0n) is 16.2. The van der Waals surface area contributed by atoms with E-state index in [9.17, 15) is 9.59 Å². The van der Waals surface area contributed by atoms with E-state index in [0.29, 0.717) is 16.4 Å². The molecule has 1 aliphatic rings. The summed E-state index contributed by atoms with van der Waals surface area (Å²) in [6.07, 6.45) is 1.52. The lowest BCUT2D eigenvalue weighted by atomic mass is 10.1. The summed E-state index contributed by atoms with van der Waals surface area (Å²) in [5.41, 5.74) is 3.21. The molecule has 3 aromatic rings. The number of benzene rings is 2. The molecule has 0 saturated carbocycles. The number of rotatable bonds is 5. The molecule has 2 aromatic carbocycles. The minimum Gasteiger partial charge on any atom is -0.497 e. The minimum absolute atomic E-state index is 0.0640. The molecule has 1 aliphatic carbocycles. The van der Waals surface area contributed by atoms with Crippen molar-refractivity contribution >= 4 is 34.0 Å². The second kappa shape index (κ2) is 8.05. The normalized spacial score (nSPS) is 14.9. The molecule has 148 valence electrons. The number of carbonyl (C=O) groups is 2. The van der Waals surface area contributed by atoms with Crippen molar-refractivity contribution in [1.29, 1.82) is 0 Å². The molecular formula is C22H21N3O3S. The van der Waals surface area contributed by atoms with Crippen molar-refractivity contribution in [3.05, 3.63) is 70.2 Å². The van der Waals surface area contributed by atoms with Gasteiger partial charge in [-0.1, -0.05) is 17.7 Å². The molecular weight excluding hydrogens is 386 g/mol. The van der Waals surface area contributed by atoms with Crippen LogP contribution < -0.4 is 15.4 Å². The van der Waals surface area contributed by atoms with E-state index in [4.69, 9.17) is 4.74 Å². The number of nitrogens with one attached hydrogen (secondary N) is 2. The first-order chi connectivity index (χ1) is 14.0. The second-order valence-electron chi connectivity index (χ2n) is 6.96. The summed E-state index contributed by atoms with van der Waals surface area (Å²) in [5, 5.41) is 6.32. The van der Waals surface area contributed by atoms with Gasteiger partial charge in [0.05, 0.1) is 18.7 Å². The lowest BCUT2D eigenvalue weighted by Crippen LogP contribution is -2.20. The highest BCUT2D eigenvalue weighted by Crippen LogP contribution is 2.39. The molecule has 2 amide bonds. The molecule has 1 unspecified atom stereocenters. The topological polar surface area (TPSA) is 80.3 Å². The van der Waals surface area contributed by atoms with Crippen LogP contribution in [0.1, 0.15) is 38.8 Å². The van der Waals surface area contributed by atoms with E-state index in [1.165, 1.54) is 11.3 Å². The van der Waals surface area contributed by atoms with Gasteiger partial charge in [0.1, 0.15) is 5.75 Å². The minimum atomic E-state index is -0.297. The summed E-state index contributed by atoms with van der Waals surface area (Å²) in [6, 6.07) is 14.6. The van der Waals surface area contributed by atoms with Crippen LogP contribution in [0.5, 0.6) is 5.75 Å². The summed E-state index contributed by atoms with van der Waals surface area (Å²) < 4.78 is 5.11. The summed E-state index contributed by atoms with van der Waals surface area (Å²) in [6.45, 7) is 2.01. The average Bonchev–Trinajstić information content (AvgIpc) is 3.29. The summed E-state index contributed by atoms with van der Waals surface area (Å²) in [5.74, 6) is 0.0954. The van der Waals surface area contributed by atoms with E-state index in [1.807, 2.05) is 31.2 Å². The molecule has 7 heteroatoms. The smallest absolute Gasteiger partial charge is 0.257 e. The molecule has 0 spiro atoms. The Morgan fingerprint density at radius 1 is 1.07 bits per heavy atom. The van der Waals surface area contributed by atoms with Gasteiger partial charge in [-0.3, -0.25) is 14.9 Å². The van der Waals surface area contributed by atoms with Crippen molar-refractivity contribution < 1.29 is 14.3 Å². The standard InChI is InChI=1S/C22H21N3O3S/c1-13-3-7-15(8-4-13)23-21(27)17-11-12-18-19(17)24-22(29-18)25-20(26)14-5-9-16(28-2)10-6-14/h3-10,17H,11-12H2,1-2H3,(H,23,27)(H,24,25,26). The predicted molar refractivity (Wildman–Crippen MR) is 114 cm³/mol. The van der Waals surface area contributed by atoms with E-state index in [-0.39, 0.29) is 17.7 Å². The maximum absolute atomic E-state index is 12.7. The molecule has 2 N–H and O–H groups in total. The second-order valence-corrected chi connectivity index (χ2v) is 8.04. The van der Waals surface area contributed by atoms with Gasteiger partial charge in [-0.15, -0.1) is 11.3 Å². The number of ether oxygens (including phenoxy) is 1.